The second-order valence-corrected chi connectivity index (χ2v) is 11.3. The largest absolute Gasteiger partial charge is 0.462 e. The number of ether oxygens (including phenoxy) is 1. The van der Waals surface area contributed by atoms with Gasteiger partial charge in [0.1, 0.15) is 17.0 Å². The van der Waals surface area contributed by atoms with Crippen molar-refractivity contribution in [2.45, 2.75) is 27.2 Å². The maximum atomic E-state index is 13.6. The van der Waals surface area contributed by atoms with Crippen LogP contribution in [0.2, 0.25) is 0 Å². The number of esters is 1. The van der Waals surface area contributed by atoms with Crippen molar-refractivity contribution in [1.82, 2.24) is 4.57 Å². The second-order valence-electron chi connectivity index (χ2n) is 10.2. The van der Waals surface area contributed by atoms with Gasteiger partial charge in [-0.1, -0.05) is 78.4 Å². The molecular weight excluding hydrogens is 566 g/mol. The van der Waals surface area contributed by atoms with E-state index in [9.17, 15) is 20.1 Å². The van der Waals surface area contributed by atoms with Crippen LogP contribution in [0.15, 0.2) is 96.6 Å². The minimum absolute atomic E-state index is 0.0459. The van der Waals surface area contributed by atoms with E-state index in [0.29, 0.717) is 20.9 Å². The Morgan fingerprint density at radius 2 is 1.55 bits per heavy atom. The van der Waals surface area contributed by atoms with Gasteiger partial charge in [-0.05, 0) is 61.7 Å². The highest BCUT2D eigenvalue weighted by atomic mass is 32.1. The first-order chi connectivity index (χ1) is 21.4. The third kappa shape index (κ3) is 6.01. The third-order valence-electron chi connectivity index (χ3n) is 7.27. The van der Waals surface area contributed by atoms with Crippen molar-refractivity contribution in [3.8, 4) is 40.3 Å². The smallest absolute Gasteiger partial charge is 0.348 e. The number of ketones is 1. The number of aryl methyl sites for hydroxylation is 1. The molecular formula is C37H29N3O3S. The van der Waals surface area contributed by atoms with Crippen molar-refractivity contribution >= 4 is 29.2 Å². The summed E-state index contributed by atoms with van der Waals surface area (Å²) in [6.07, 6.45) is 1.44. The number of rotatable bonds is 9. The first-order valence-corrected chi connectivity index (χ1v) is 15.0. The molecule has 2 heterocycles. The number of nitrogens with zero attached hydrogens (tertiary/aromatic N) is 3. The summed E-state index contributed by atoms with van der Waals surface area (Å²) in [6, 6.07) is 34.3. The van der Waals surface area contributed by atoms with Gasteiger partial charge in [-0.3, -0.25) is 4.79 Å². The summed E-state index contributed by atoms with van der Waals surface area (Å²) >= 11 is 1.06. The van der Waals surface area contributed by atoms with Crippen LogP contribution in [-0.4, -0.2) is 22.9 Å². The minimum Gasteiger partial charge on any atom is -0.462 e. The van der Waals surface area contributed by atoms with E-state index in [1.165, 1.54) is 0 Å². The van der Waals surface area contributed by atoms with Gasteiger partial charge in [0.05, 0.1) is 29.1 Å². The van der Waals surface area contributed by atoms with Crippen LogP contribution in [0, 0.1) is 36.5 Å². The van der Waals surface area contributed by atoms with Crippen LogP contribution in [0.3, 0.4) is 0 Å². The lowest BCUT2D eigenvalue weighted by Gasteiger charge is -2.15. The molecule has 0 N–H and O–H groups in total. The SMILES string of the molecule is CCOC(=O)c1sc(CC(=O)C(C#N)=Cc2cc(-c3ccccc3)n(-c3ccc(C)cc3)c2-c2ccccc2)c(C#N)c1C. The zero-order chi connectivity index (χ0) is 31.2. The zero-order valence-electron chi connectivity index (χ0n) is 24.6. The molecule has 0 spiro atoms. The molecule has 0 aliphatic heterocycles. The average molecular weight is 596 g/mol. The van der Waals surface area contributed by atoms with E-state index in [2.05, 4.69) is 41.0 Å². The quantitative estimate of drug-likeness (QED) is 0.0971. The van der Waals surface area contributed by atoms with Gasteiger partial charge in [-0.15, -0.1) is 11.3 Å². The molecule has 7 heteroatoms. The molecule has 0 unspecified atom stereocenters. The number of nitriles is 2. The minimum atomic E-state index is -0.528. The van der Waals surface area contributed by atoms with Crippen LogP contribution in [-0.2, 0) is 16.0 Å². The monoisotopic (exact) mass is 595 g/mol. The summed E-state index contributed by atoms with van der Waals surface area (Å²) in [5.41, 5.74) is 7.13. The molecule has 3 aromatic carbocycles. The van der Waals surface area contributed by atoms with Crippen LogP contribution >= 0.6 is 11.3 Å². The molecule has 2 aromatic heterocycles. The van der Waals surface area contributed by atoms with E-state index in [-0.39, 0.29) is 24.2 Å². The first kappa shape index (κ1) is 30.0. The van der Waals surface area contributed by atoms with E-state index >= 15 is 0 Å². The van der Waals surface area contributed by atoms with Crippen LogP contribution in [0.1, 0.15) is 43.7 Å². The van der Waals surface area contributed by atoms with Crippen molar-refractivity contribution in [2.24, 2.45) is 0 Å². The van der Waals surface area contributed by atoms with Crippen molar-refractivity contribution < 1.29 is 14.3 Å². The summed E-state index contributed by atoms with van der Waals surface area (Å²) in [6.45, 7) is 5.61. The predicted molar refractivity (Wildman–Crippen MR) is 173 cm³/mol. The Labute approximate surface area is 260 Å². The normalized spacial score (nSPS) is 11.1. The van der Waals surface area contributed by atoms with E-state index in [4.69, 9.17) is 4.74 Å². The van der Waals surface area contributed by atoms with Gasteiger partial charge >= 0.3 is 5.97 Å². The Hall–Kier alpha value is -5.50. The fourth-order valence-corrected chi connectivity index (χ4v) is 6.27. The lowest BCUT2D eigenvalue weighted by Crippen LogP contribution is -2.05. The number of carbonyl (C=O) groups is 2. The fourth-order valence-electron chi connectivity index (χ4n) is 5.12. The molecule has 5 rings (SSSR count). The Morgan fingerprint density at radius 3 is 2.14 bits per heavy atom. The lowest BCUT2D eigenvalue weighted by molar-refractivity contribution is -0.114. The van der Waals surface area contributed by atoms with E-state index < -0.39 is 11.8 Å². The van der Waals surface area contributed by atoms with Crippen LogP contribution in [0.4, 0.5) is 0 Å². The first-order valence-electron chi connectivity index (χ1n) is 14.1. The second kappa shape index (κ2) is 13.2. The van der Waals surface area contributed by atoms with E-state index in [0.717, 1.165) is 45.1 Å². The molecule has 0 saturated heterocycles. The van der Waals surface area contributed by atoms with Gasteiger partial charge < -0.3 is 9.30 Å². The highest BCUT2D eigenvalue weighted by Gasteiger charge is 2.25. The van der Waals surface area contributed by atoms with E-state index in [1.54, 1.807) is 19.9 Å². The van der Waals surface area contributed by atoms with Gasteiger partial charge in [0.25, 0.3) is 0 Å². The number of aromatic nitrogens is 1. The maximum absolute atomic E-state index is 13.6. The van der Waals surface area contributed by atoms with Gasteiger partial charge in [0, 0.05) is 22.5 Å². The summed E-state index contributed by atoms with van der Waals surface area (Å²) in [5, 5.41) is 20.0. The predicted octanol–water partition coefficient (Wildman–Crippen LogP) is 8.26. The Bertz CT molecular complexity index is 1950. The molecule has 5 aromatic rings. The van der Waals surface area contributed by atoms with Gasteiger partial charge in [0.2, 0.25) is 0 Å². The number of Topliss-reactive ketones (excluding diaryl/α,β-unsaturated/α-hetero) is 1. The summed E-state index contributed by atoms with van der Waals surface area (Å²) < 4.78 is 7.28. The molecule has 0 fully saturated rings. The number of hydrogen-bond donors (Lipinski definition) is 0. The average Bonchev–Trinajstić information content (AvgIpc) is 3.58. The molecule has 216 valence electrons. The van der Waals surface area contributed by atoms with Gasteiger partial charge in [0.15, 0.2) is 5.78 Å². The van der Waals surface area contributed by atoms with Crippen molar-refractivity contribution in [2.75, 3.05) is 6.61 Å². The lowest BCUT2D eigenvalue weighted by atomic mass is 10.0. The number of benzene rings is 3. The highest BCUT2D eigenvalue weighted by molar-refractivity contribution is 7.14. The summed E-state index contributed by atoms with van der Waals surface area (Å²) in [7, 11) is 0. The molecule has 0 atom stereocenters. The van der Waals surface area contributed by atoms with Crippen molar-refractivity contribution in [1.29, 1.82) is 10.5 Å². The highest BCUT2D eigenvalue weighted by Crippen LogP contribution is 2.37. The zero-order valence-corrected chi connectivity index (χ0v) is 25.4. The molecule has 0 aliphatic carbocycles. The molecule has 0 bridgehead atoms. The van der Waals surface area contributed by atoms with Gasteiger partial charge in [-0.25, -0.2) is 4.79 Å². The number of allylic oxidation sites excluding steroid dienone is 1. The molecule has 0 radical (unpaired) electrons. The topological polar surface area (TPSA) is 95.9 Å². The third-order valence-corrected chi connectivity index (χ3v) is 8.55. The molecule has 6 nitrogen and oxygen atoms in total. The molecule has 44 heavy (non-hydrogen) atoms. The fraction of sp³-hybridized carbons (Fsp3) is 0.135. The van der Waals surface area contributed by atoms with Crippen LogP contribution in [0.25, 0.3) is 34.3 Å². The Balaban J connectivity index is 1.66. The molecule has 0 saturated carbocycles. The standard InChI is InChI=1S/C37H29N3O3S/c1-4-43-37(42)36-25(3)31(23-39)34(44-36)21-33(41)29(22-38)19-28-20-32(26-11-7-5-8-12-26)40(30-17-15-24(2)16-18-30)35(28)27-13-9-6-10-14-27/h5-20H,4,21H2,1-3H3. The van der Waals surface area contributed by atoms with Gasteiger partial charge in [-0.2, -0.15) is 10.5 Å². The number of carbonyl (C=O) groups excluding carboxylic acids is 2. The molecule has 0 amide bonds. The van der Waals surface area contributed by atoms with E-state index in [1.807, 2.05) is 73.7 Å². The number of thiophene rings is 1. The van der Waals surface area contributed by atoms with Crippen molar-refractivity contribution in [3.63, 3.8) is 0 Å². The van der Waals surface area contributed by atoms with Crippen LogP contribution < -0.4 is 0 Å². The summed E-state index contributed by atoms with van der Waals surface area (Å²) in [4.78, 5) is 26.8. The Morgan fingerprint density at radius 1 is 0.909 bits per heavy atom. The summed E-state index contributed by atoms with van der Waals surface area (Å²) in [5.74, 6) is -0.969. The van der Waals surface area contributed by atoms with Crippen molar-refractivity contribution in [3.05, 3.63) is 129 Å². The maximum Gasteiger partial charge on any atom is 0.348 e. The number of hydrogen-bond acceptors (Lipinski definition) is 6. The van der Waals surface area contributed by atoms with Crippen LogP contribution in [0.5, 0.6) is 0 Å². The Kier molecular flexibility index (Phi) is 9.00. The molecule has 0 aliphatic rings.